The first-order valence-corrected chi connectivity index (χ1v) is 9.45. The number of hydrogen-bond donors (Lipinski definition) is 0. The molecule has 2 heterocycles. The summed E-state index contributed by atoms with van der Waals surface area (Å²) in [5.74, 6) is 2.04. The third-order valence-corrected chi connectivity index (χ3v) is 4.78. The van der Waals surface area contributed by atoms with Gasteiger partial charge in [-0.05, 0) is 48.0 Å². The molecule has 0 aliphatic carbocycles. The van der Waals surface area contributed by atoms with Gasteiger partial charge in [-0.3, -0.25) is 9.78 Å². The van der Waals surface area contributed by atoms with Crippen molar-refractivity contribution >= 4 is 5.91 Å². The first-order valence-electron chi connectivity index (χ1n) is 9.45. The van der Waals surface area contributed by atoms with Gasteiger partial charge in [0.2, 0.25) is 6.79 Å². The Morgan fingerprint density at radius 2 is 1.97 bits per heavy atom. The topological polar surface area (TPSA) is 60.9 Å². The Hall–Kier alpha value is -3.54. The van der Waals surface area contributed by atoms with Crippen molar-refractivity contribution < 1.29 is 19.0 Å². The summed E-state index contributed by atoms with van der Waals surface area (Å²) >= 11 is 0. The van der Waals surface area contributed by atoms with Gasteiger partial charge in [0.25, 0.3) is 5.91 Å². The minimum atomic E-state index is -0.0579. The highest BCUT2D eigenvalue weighted by atomic mass is 16.7. The molecule has 4 rings (SSSR count). The normalized spacial score (nSPS) is 11.9. The van der Waals surface area contributed by atoms with Crippen LogP contribution in [0.4, 0.5) is 0 Å². The summed E-state index contributed by atoms with van der Waals surface area (Å²) in [4.78, 5) is 19.5. The number of rotatable bonds is 7. The number of aromatic nitrogens is 1. The van der Waals surface area contributed by atoms with Crippen LogP contribution in [0.3, 0.4) is 0 Å². The zero-order chi connectivity index (χ0) is 20.1. The third-order valence-electron chi connectivity index (χ3n) is 4.78. The van der Waals surface area contributed by atoms with Crippen LogP contribution in [0.25, 0.3) is 0 Å². The minimum absolute atomic E-state index is 0.0579. The molecule has 0 atom stereocenters. The molecule has 0 spiro atoms. The van der Waals surface area contributed by atoms with Gasteiger partial charge in [0.1, 0.15) is 5.75 Å². The van der Waals surface area contributed by atoms with Crippen molar-refractivity contribution in [2.75, 3.05) is 20.4 Å². The van der Waals surface area contributed by atoms with E-state index in [9.17, 15) is 4.79 Å². The van der Waals surface area contributed by atoms with Crippen LogP contribution >= 0.6 is 0 Å². The largest absolute Gasteiger partial charge is 0.497 e. The molecule has 1 aliphatic heterocycles. The molecule has 3 aromatic rings. The van der Waals surface area contributed by atoms with Crippen molar-refractivity contribution in [2.45, 2.75) is 13.0 Å². The van der Waals surface area contributed by atoms with E-state index in [-0.39, 0.29) is 12.7 Å². The number of pyridine rings is 1. The predicted octanol–water partition coefficient (Wildman–Crippen LogP) is 3.70. The van der Waals surface area contributed by atoms with Crippen molar-refractivity contribution in [1.29, 1.82) is 0 Å². The van der Waals surface area contributed by atoms with Gasteiger partial charge in [-0.25, -0.2) is 0 Å². The fourth-order valence-electron chi connectivity index (χ4n) is 3.25. The van der Waals surface area contributed by atoms with Gasteiger partial charge in [-0.1, -0.05) is 18.2 Å². The highest BCUT2D eigenvalue weighted by Crippen LogP contribution is 2.33. The Bertz CT molecular complexity index is 991. The Morgan fingerprint density at radius 3 is 2.79 bits per heavy atom. The number of nitrogens with zero attached hydrogens (tertiary/aromatic N) is 2. The maximum absolute atomic E-state index is 13.3. The first kappa shape index (κ1) is 18.8. The maximum Gasteiger partial charge on any atom is 0.254 e. The lowest BCUT2D eigenvalue weighted by Crippen LogP contribution is -2.32. The molecule has 1 amide bonds. The Balaban J connectivity index is 1.56. The molecule has 1 aliphatic rings. The number of fused-ring (bicyclic) bond motifs is 1. The molecule has 0 bridgehead atoms. The van der Waals surface area contributed by atoms with Crippen molar-refractivity contribution in [3.8, 4) is 17.2 Å². The van der Waals surface area contributed by atoms with E-state index in [1.165, 1.54) is 0 Å². The molecule has 148 valence electrons. The lowest BCUT2D eigenvalue weighted by molar-refractivity contribution is 0.0744. The third kappa shape index (κ3) is 4.48. The molecule has 0 N–H and O–H groups in total. The quantitative estimate of drug-likeness (QED) is 0.616. The van der Waals surface area contributed by atoms with Crippen LogP contribution in [-0.4, -0.2) is 36.2 Å². The lowest BCUT2D eigenvalue weighted by Gasteiger charge is -2.23. The molecule has 0 saturated carbocycles. The average molecular weight is 390 g/mol. The van der Waals surface area contributed by atoms with Crippen LogP contribution < -0.4 is 14.2 Å². The Kier molecular flexibility index (Phi) is 5.61. The van der Waals surface area contributed by atoms with Gasteiger partial charge in [-0.15, -0.1) is 0 Å². The zero-order valence-electron chi connectivity index (χ0n) is 16.2. The molecule has 1 aromatic heterocycles. The number of methoxy groups -OCH3 is 1. The Morgan fingerprint density at radius 1 is 1.07 bits per heavy atom. The fraction of sp³-hybridized carbons (Fsp3) is 0.217. The fourth-order valence-corrected chi connectivity index (χ4v) is 3.25. The van der Waals surface area contributed by atoms with E-state index in [0.717, 1.165) is 17.0 Å². The molecule has 0 unspecified atom stereocenters. The van der Waals surface area contributed by atoms with E-state index in [4.69, 9.17) is 14.2 Å². The molecule has 6 nitrogen and oxygen atoms in total. The van der Waals surface area contributed by atoms with Crippen molar-refractivity contribution in [2.24, 2.45) is 0 Å². The summed E-state index contributed by atoms with van der Waals surface area (Å²) in [6.07, 6.45) is 2.43. The SMILES string of the molecule is COc1cccc(C(=O)N(CCc2ccccn2)Cc2ccc3c(c2)OCO3)c1. The summed E-state index contributed by atoms with van der Waals surface area (Å²) in [5, 5.41) is 0. The molecule has 29 heavy (non-hydrogen) atoms. The second-order valence-electron chi connectivity index (χ2n) is 6.72. The monoisotopic (exact) mass is 390 g/mol. The number of carbonyl (C=O) groups excluding carboxylic acids is 1. The predicted molar refractivity (Wildman–Crippen MR) is 108 cm³/mol. The number of amides is 1. The van der Waals surface area contributed by atoms with Crippen molar-refractivity contribution in [3.63, 3.8) is 0 Å². The summed E-state index contributed by atoms with van der Waals surface area (Å²) in [6, 6.07) is 18.8. The summed E-state index contributed by atoms with van der Waals surface area (Å²) < 4.78 is 16.1. The first-order chi connectivity index (χ1) is 14.2. The smallest absolute Gasteiger partial charge is 0.254 e. The second kappa shape index (κ2) is 8.65. The van der Waals surface area contributed by atoms with Gasteiger partial charge in [0.05, 0.1) is 7.11 Å². The molecular weight excluding hydrogens is 368 g/mol. The molecule has 0 fully saturated rings. The van der Waals surface area contributed by atoms with Crippen molar-refractivity contribution in [3.05, 3.63) is 83.7 Å². The van der Waals surface area contributed by atoms with Gasteiger partial charge >= 0.3 is 0 Å². The van der Waals surface area contributed by atoms with Gasteiger partial charge in [0.15, 0.2) is 11.5 Å². The van der Waals surface area contributed by atoms with E-state index < -0.39 is 0 Å². The van der Waals surface area contributed by atoms with E-state index in [1.54, 1.807) is 25.4 Å². The minimum Gasteiger partial charge on any atom is -0.497 e. The van der Waals surface area contributed by atoms with Gasteiger partial charge in [-0.2, -0.15) is 0 Å². The number of benzene rings is 2. The molecule has 0 radical (unpaired) electrons. The molecule has 0 saturated heterocycles. The highest BCUT2D eigenvalue weighted by Gasteiger charge is 2.19. The van der Waals surface area contributed by atoms with E-state index >= 15 is 0 Å². The average Bonchev–Trinajstić information content (AvgIpc) is 3.25. The van der Waals surface area contributed by atoms with E-state index in [0.29, 0.717) is 36.6 Å². The van der Waals surface area contributed by atoms with Crippen LogP contribution in [0.15, 0.2) is 66.9 Å². The highest BCUT2D eigenvalue weighted by molar-refractivity contribution is 5.94. The summed E-state index contributed by atoms with van der Waals surface area (Å²) in [6.45, 7) is 1.23. The second-order valence-corrected chi connectivity index (χ2v) is 6.72. The molecular formula is C23H22N2O4. The van der Waals surface area contributed by atoms with Crippen LogP contribution in [-0.2, 0) is 13.0 Å². The number of hydrogen-bond acceptors (Lipinski definition) is 5. The van der Waals surface area contributed by atoms with Crippen LogP contribution in [0, 0.1) is 0 Å². The lowest BCUT2D eigenvalue weighted by atomic mass is 10.1. The van der Waals surface area contributed by atoms with Crippen molar-refractivity contribution in [1.82, 2.24) is 9.88 Å². The van der Waals surface area contributed by atoms with Gasteiger partial charge < -0.3 is 19.1 Å². The standard InChI is InChI=1S/C23H22N2O4/c1-27-20-7-4-5-18(14-20)23(26)25(12-10-19-6-2-3-11-24-19)15-17-8-9-21-22(13-17)29-16-28-21/h2-9,11,13-14H,10,12,15-16H2,1H3. The van der Waals surface area contributed by atoms with Crippen LogP contribution in [0.1, 0.15) is 21.6 Å². The molecule has 2 aromatic carbocycles. The van der Waals surface area contributed by atoms with Crippen LogP contribution in [0.5, 0.6) is 17.2 Å². The van der Waals surface area contributed by atoms with E-state index in [2.05, 4.69) is 4.98 Å². The van der Waals surface area contributed by atoms with Crippen LogP contribution in [0.2, 0.25) is 0 Å². The maximum atomic E-state index is 13.3. The molecule has 6 heteroatoms. The zero-order valence-corrected chi connectivity index (χ0v) is 16.2. The summed E-state index contributed by atoms with van der Waals surface area (Å²) in [5.41, 5.74) is 2.51. The number of ether oxygens (including phenoxy) is 3. The van der Waals surface area contributed by atoms with Gasteiger partial charge in [0, 0.05) is 37.0 Å². The number of carbonyl (C=O) groups is 1. The van der Waals surface area contributed by atoms with E-state index in [1.807, 2.05) is 53.4 Å². The summed E-state index contributed by atoms with van der Waals surface area (Å²) in [7, 11) is 1.59. The Labute approximate surface area is 169 Å².